The predicted molar refractivity (Wildman–Crippen MR) is 126 cm³/mol. The van der Waals surface area contributed by atoms with Gasteiger partial charge in [0.1, 0.15) is 5.75 Å². The number of hydrogen-bond donors (Lipinski definition) is 2. The van der Waals surface area contributed by atoms with Gasteiger partial charge >= 0.3 is 17.8 Å². The van der Waals surface area contributed by atoms with Gasteiger partial charge < -0.3 is 19.5 Å². The standard InChI is InChI=1S/C25H23N3O6/c1-3-33-22-15-17(9-14-21(22)34-25(31)18-7-5-4-6-8-18)16-26-28-24(30)23(29)27-19-10-12-20(32-2)13-11-19/h4-16H,3H2,1-2H3,(H,27,29)(H,28,30)/b26-16-. The molecule has 9 nitrogen and oxygen atoms in total. The van der Waals surface area contributed by atoms with Crippen molar-refractivity contribution in [1.82, 2.24) is 5.43 Å². The van der Waals surface area contributed by atoms with Crippen LogP contribution in [-0.2, 0) is 9.59 Å². The first-order chi connectivity index (χ1) is 16.5. The molecule has 3 aromatic rings. The van der Waals surface area contributed by atoms with Crippen molar-refractivity contribution >= 4 is 29.7 Å². The van der Waals surface area contributed by atoms with Crippen LogP contribution in [-0.4, -0.2) is 37.7 Å². The zero-order chi connectivity index (χ0) is 24.3. The topological polar surface area (TPSA) is 115 Å². The Morgan fingerprint density at radius 1 is 0.912 bits per heavy atom. The van der Waals surface area contributed by atoms with Crippen molar-refractivity contribution in [3.8, 4) is 17.2 Å². The Kier molecular flexibility index (Phi) is 8.34. The number of nitrogens with one attached hydrogen (secondary N) is 2. The van der Waals surface area contributed by atoms with Gasteiger partial charge in [0.15, 0.2) is 11.5 Å². The molecule has 9 heteroatoms. The summed E-state index contributed by atoms with van der Waals surface area (Å²) in [5.74, 6) is -1.13. The van der Waals surface area contributed by atoms with E-state index in [1.807, 2.05) is 0 Å². The summed E-state index contributed by atoms with van der Waals surface area (Å²) < 4.78 is 16.1. The summed E-state index contributed by atoms with van der Waals surface area (Å²) in [6.45, 7) is 2.14. The molecular weight excluding hydrogens is 438 g/mol. The zero-order valence-corrected chi connectivity index (χ0v) is 18.6. The Balaban J connectivity index is 1.61. The Morgan fingerprint density at radius 2 is 1.65 bits per heavy atom. The van der Waals surface area contributed by atoms with Crippen molar-refractivity contribution in [3.05, 3.63) is 83.9 Å². The van der Waals surface area contributed by atoms with Crippen LogP contribution in [0.2, 0.25) is 0 Å². The van der Waals surface area contributed by atoms with Crippen LogP contribution in [0.4, 0.5) is 5.69 Å². The van der Waals surface area contributed by atoms with Crippen LogP contribution in [0.25, 0.3) is 0 Å². The number of hydrogen-bond acceptors (Lipinski definition) is 7. The Labute approximate surface area is 196 Å². The van der Waals surface area contributed by atoms with E-state index in [4.69, 9.17) is 14.2 Å². The number of carbonyl (C=O) groups is 3. The van der Waals surface area contributed by atoms with E-state index in [1.54, 1.807) is 79.7 Å². The third kappa shape index (κ3) is 6.67. The molecule has 0 unspecified atom stereocenters. The molecule has 0 radical (unpaired) electrons. The fraction of sp³-hybridized carbons (Fsp3) is 0.120. The van der Waals surface area contributed by atoms with Crippen LogP contribution in [0.3, 0.4) is 0 Å². The maximum Gasteiger partial charge on any atom is 0.343 e. The third-order valence-electron chi connectivity index (χ3n) is 4.41. The van der Waals surface area contributed by atoms with E-state index in [1.165, 1.54) is 13.3 Å². The summed E-state index contributed by atoms with van der Waals surface area (Å²) in [5.41, 5.74) is 3.56. The van der Waals surface area contributed by atoms with Crippen LogP contribution in [0.1, 0.15) is 22.8 Å². The molecule has 0 aromatic heterocycles. The molecule has 0 aliphatic carbocycles. The molecule has 3 aromatic carbocycles. The van der Waals surface area contributed by atoms with Crippen LogP contribution in [0, 0.1) is 0 Å². The highest BCUT2D eigenvalue weighted by atomic mass is 16.6. The first-order valence-corrected chi connectivity index (χ1v) is 10.3. The fourth-order valence-electron chi connectivity index (χ4n) is 2.77. The second kappa shape index (κ2) is 11.8. The molecule has 0 atom stereocenters. The number of amides is 2. The van der Waals surface area contributed by atoms with E-state index >= 15 is 0 Å². The number of benzene rings is 3. The van der Waals surface area contributed by atoms with Gasteiger partial charge in [-0.15, -0.1) is 0 Å². The number of ether oxygens (including phenoxy) is 3. The molecular formula is C25H23N3O6. The smallest absolute Gasteiger partial charge is 0.343 e. The minimum Gasteiger partial charge on any atom is -0.497 e. The lowest BCUT2D eigenvalue weighted by Crippen LogP contribution is -2.32. The van der Waals surface area contributed by atoms with Gasteiger partial charge in [0.2, 0.25) is 0 Å². The number of hydrazone groups is 1. The van der Waals surface area contributed by atoms with E-state index in [0.717, 1.165) is 0 Å². The van der Waals surface area contributed by atoms with Gasteiger partial charge in [-0.1, -0.05) is 18.2 Å². The molecule has 0 aliphatic heterocycles. The molecule has 0 heterocycles. The monoisotopic (exact) mass is 461 g/mol. The molecule has 3 rings (SSSR count). The minimum atomic E-state index is -0.939. The first kappa shape index (κ1) is 24.0. The summed E-state index contributed by atoms with van der Waals surface area (Å²) in [7, 11) is 1.53. The summed E-state index contributed by atoms with van der Waals surface area (Å²) in [4.78, 5) is 36.3. The average Bonchev–Trinajstić information content (AvgIpc) is 2.86. The Morgan fingerprint density at radius 3 is 2.32 bits per heavy atom. The van der Waals surface area contributed by atoms with Crippen molar-refractivity contribution in [2.45, 2.75) is 6.92 Å². The van der Waals surface area contributed by atoms with Crippen molar-refractivity contribution in [2.24, 2.45) is 5.10 Å². The highest BCUT2D eigenvalue weighted by molar-refractivity contribution is 6.39. The van der Waals surface area contributed by atoms with Gasteiger partial charge in [-0.3, -0.25) is 9.59 Å². The number of esters is 1. The lowest BCUT2D eigenvalue weighted by atomic mass is 10.2. The van der Waals surface area contributed by atoms with Gasteiger partial charge in [0.05, 0.1) is 25.5 Å². The molecule has 0 spiro atoms. The van der Waals surface area contributed by atoms with Gasteiger partial charge in [-0.25, -0.2) is 10.2 Å². The minimum absolute atomic E-state index is 0.246. The summed E-state index contributed by atoms with van der Waals surface area (Å²) in [5, 5.41) is 6.26. The normalized spacial score (nSPS) is 10.4. The van der Waals surface area contributed by atoms with Crippen LogP contribution in [0.15, 0.2) is 77.9 Å². The van der Waals surface area contributed by atoms with Gasteiger partial charge in [0.25, 0.3) is 0 Å². The van der Waals surface area contributed by atoms with Crippen molar-refractivity contribution in [1.29, 1.82) is 0 Å². The Hall–Kier alpha value is -4.66. The maximum absolute atomic E-state index is 12.3. The van der Waals surface area contributed by atoms with E-state index in [2.05, 4.69) is 15.8 Å². The predicted octanol–water partition coefficient (Wildman–Crippen LogP) is 3.40. The van der Waals surface area contributed by atoms with Crippen molar-refractivity contribution in [3.63, 3.8) is 0 Å². The number of anilines is 1. The molecule has 0 bridgehead atoms. The number of methoxy groups -OCH3 is 1. The van der Waals surface area contributed by atoms with E-state index in [-0.39, 0.29) is 5.75 Å². The van der Waals surface area contributed by atoms with Crippen molar-refractivity contribution in [2.75, 3.05) is 19.0 Å². The molecule has 0 saturated carbocycles. The van der Waals surface area contributed by atoms with Crippen LogP contribution in [0.5, 0.6) is 17.2 Å². The molecule has 2 N–H and O–H groups in total. The molecule has 174 valence electrons. The quantitative estimate of drug-likeness (QED) is 0.175. The third-order valence-corrected chi connectivity index (χ3v) is 4.41. The van der Waals surface area contributed by atoms with Crippen LogP contribution < -0.4 is 25.0 Å². The zero-order valence-electron chi connectivity index (χ0n) is 18.6. The van der Waals surface area contributed by atoms with Crippen molar-refractivity contribution < 1.29 is 28.6 Å². The van der Waals surface area contributed by atoms with Gasteiger partial charge in [0, 0.05) is 5.69 Å². The van der Waals surface area contributed by atoms with E-state index in [0.29, 0.717) is 34.9 Å². The van der Waals surface area contributed by atoms with E-state index in [9.17, 15) is 14.4 Å². The highest BCUT2D eigenvalue weighted by Crippen LogP contribution is 2.29. The lowest BCUT2D eigenvalue weighted by molar-refractivity contribution is -0.136. The molecule has 0 aliphatic rings. The fourth-order valence-corrected chi connectivity index (χ4v) is 2.77. The number of rotatable bonds is 8. The summed E-state index contributed by atoms with van der Waals surface area (Å²) in [6, 6.07) is 19.9. The summed E-state index contributed by atoms with van der Waals surface area (Å²) in [6.07, 6.45) is 1.34. The summed E-state index contributed by atoms with van der Waals surface area (Å²) >= 11 is 0. The largest absolute Gasteiger partial charge is 0.497 e. The molecule has 0 saturated heterocycles. The number of nitrogens with zero attached hydrogens (tertiary/aromatic N) is 1. The molecule has 2 amide bonds. The highest BCUT2D eigenvalue weighted by Gasteiger charge is 2.14. The van der Waals surface area contributed by atoms with Crippen LogP contribution >= 0.6 is 0 Å². The second-order valence-corrected chi connectivity index (χ2v) is 6.78. The first-order valence-electron chi connectivity index (χ1n) is 10.3. The molecule has 0 fully saturated rings. The SMILES string of the molecule is CCOc1cc(/C=N\NC(=O)C(=O)Nc2ccc(OC)cc2)ccc1OC(=O)c1ccccc1. The van der Waals surface area contributed by atoms with Gasteiger partial charge in [-0.05, 0) is 67.1 Å². The molecule has 34 heavy (non-hydrogen) atoms. The van der Waals surface area contributed by atoms with E-state index < -0.39 is 17.8 Å². The Bertz CT molecular complexity index is 1180. The maximum atomic E-state index is 12.3. The lowest BCUT2D eigenvalue weighted by Gasteiger charge is -2.11. The average molecular weight is 461 g/mol. The number of carbonyl (C=O) groups excluding carboxylic acids is 3. The van der Waals surface area contributed by atoms with Gasteiger partial charge in [-0.2, -0.15) is 5.10 Å². The second-order valence-electron chi connectivity index (χ2n) is 6.78.